The number of benzene rings is 2. The fourth-order valence-corrected chi connectivity index (χ4v) is 2.49. The molecule has 3 rings (SSSR count). The van der Waals surface area contributed by atoms with Gasteiger partial charge in [0.15, 0.2) is 11.6 Å². The smallest absolute Gasteiger partial charge is 0.194 e. The predicted octanol–water partition coefficient (Wildman–Crippen LogP) is 1.26. The molecule has 1 aliphatic carbocycles. The first-order valence-electron chi connectivity index (χ1n) is 5.23. The van der Waals surface area contributed by atoms with Crippen molar-refractivity contribution in [3.05, 3.63) is 64.7 Å². The lowest BCUT2D eigenvalue weighted by Gasteiger charge is -2.18. The Morgan fingerprint density at radius 2 is 1.29 bits per heavy atom. The Morgan fingerprint density at radius 1 is 0.706 bits per heavy atom. The topological polar surface area (TPSA) is 34.1 Å². The molecular weight excluding hydrogens is 228 g/mol. The zero-order valence-electron chi connectivity index (χ0n) is 8.86. The molecule has 0 fully saturated rings. The van der Waals surface area contributed by atoms with Crippen molar-refractivity contribution < 1.29 is 9.59 Å². The van der Waals surface area contributed by atoms with E-state index in [0.29, 0.717) is 27.4 Å². The van der Waals surface area contributed by atoms with Crippen molar-refractivity contribution in [3.63, 3.8) is 0 Å². The Bertz CT molecular complexity index is 659. The molecule has 17 heavy (non-hydrogen) atoms. The summed E-state index contributed by atoms with van der Waals surface area (Å²) < 4.78 is 0. The van der Waals surface area contributed by atoms with Crippen LogP contribution in [0.5, 0.6) is 0 Å². The van der Waals surface area contributed by atoms with Gasteiger partial charge in [-0.25, -0.2) is 0 Å². The van der Waals surface area contributed by atoms with Gasteiger partial charge in [0.1, 0.15) is 0 Å². The summed E-state index contributed by atoms with van der Waals surface area (Å²) in [6, 6.07) is 12.2. The molecule has 0 aliphatic heterocycles. The van der Waals surface area contributed by atoms with Gasteiger partial charge in [-0.2, -0.15) is 0 Å². The predicted molar refractivity (Wildman–Crippen MR) is 65.1 cm³/mol. The summed E-state index contributed by atoms with van der Waals surface area (Å²) in [7, 11) is 3.38. The van der Waals surface area contributed by atoms with E-state index >= 15 is 0 Å². The first-order valence-corrected chi connectivity index (χ1v) is 5.73. The molecule has 2 aromatic rings. The van der Waals surface area contributed by atoms with E-state index in [4.69, 9.17) is 0 Å². The normalized spacial score (nSPS) is 13.2. The van der Waals surface area contributed by atoms with E-state index in [2.05, 4.69) is 10.2 Å². The van der Waals surface area contributed by atoms with Crippen LogP contribution in [0, 0.1) is 0 Å². The first-order chi connectivity index (χ1) is 8.20. The fourth-order valence-electron chi connectivity index (χ4n) is 2.15. The summed E-state index contributed by atoms with van der Waals surface area (Å²) in [6.07, 6.45) is 0. The third-order valence-corrected chi connectivity index (χ3v) is 3.37. The molecule has 0 heterocycles. The zero-order chi connectivity index (χ0) is 12.0. The first kappa shape index (κ1) is 10.2. The van der Waals surface area contributed by atoms with Gasteiger partial charge >= 0.3 is 0 Å². The van der Waals surface area contributed by atoms with Crippen LogP contribution in [0.15, 0.2) is 42.5 Å². The van der Waals surface area contributed by atoms with Gasteiger partial charge in [0.25, 0.3) is 0 Å². The maximum absolute atomic E-state index is 12.3. The minimum atomic E-state index is -0.0965. The van der Waals surface area contributed by atoms with Gasteiger partial charge in [0, 0.05) is 22.3 Å². The highest BCUT2D eigenvalue weighted by atomic mass is 28.1. The summed E-state index contributed by atoms with van der Waals surface area (Å²) >= 11 is 0. The lowest BCUT2D eigenvalue weighted by Crippen LogP contribution is -2.27. The molecule has 0 unspecified atom stereocenters. The minimum Gasteiger partial charge on any atom is -0.289 e. The summed E-state index contributed by atoms with van der Waals surface area (Å²) in [6.45, 7) is 0. The Morgan fingerprint density at radius 3 is 2.00 bits per heavy atom. The lowest BCUT2D eigenvalue weighted by atomic mass is 9.84. The molecule has 3 heteroatoms. The van der Waals surface area contributed by atoms with Gasteiger partial charge in [-0.1, -0.05) is 47.7 Å². The van der Waals surface area contributed by atoms with E-state index in [1.54, 1.807) is 42.5 Å². The third-order valence-electron chi connectivity index (χ3n) is 2.95. The average molecular weight is 235 g/mol. The number of ketones is 2. The number of hydrogen-bond donors (Lipinski definition) is 0. The van der Waals surface area contributed by atoms with Crippen molar-refractivity contribution >= 4 is 27.0 Å². The standard InChI is InChI=1S/C14H7O2Si/c15-13-8-4-1-2-5-9(8)14(16)12-10(13)6-3-7-11(12)17/h1-7H. The van der Waals surface area contributed by atoms with Crippen LogP contribution >= 0.6 is 0 Å². The van der Waals surface area contributed by atoms with E-state index in [1.807, 2.05) is 0 Å². The van der Waals surface area contributed by atoms with Crippen molar-refractivity contribution in [2.24, 2.45) is 0 Å². The Hall–Kier alpha value is -2.00. The van der Waals surface area contributed by atoms with E-state index in [1.165, 1.54) is 0 Å². The molecule has 1 aliphatic rings. The van der Waals surface area contributed by atoms with Crippen molar-refractivity contribution in [3.8, 4) is 0 Å². The van der Waals surface area contributed by atoms with Gasteiger partial charge in [-0.3, -0.25) is 9.59 Å². The molecule has 0 N–H and O–H groups in total. The van der Waals surface area contributed by atoms with Crippen LogP contribution in [0.4, 0.5) is 0 Å². The lowest BCUT2D eigenvalue weighted by molar-refractivity contribution is 0.0980. The van der Waals surface area contributed by atoms with Gasteiger partial charge in [-0.05, 0) is 0 Å². The molecular formula is C14H7O2Si. The molecule has 0 aromatic heterocycles. The Kier molecular flexibility index (Phi) is 2.09. The molecule has 2 aromatic carbocycles. The van der Waals surface area contributed by atoms with Crippen molar-refractivity contribution in [2.75, 3.05) is 0 Å². The summed E-state index contributed by atoms with van der Waals surface area (Å²) in [5.74, 6) is -0.184. The molecule has 0 bridgehead atoms. The Labute approximate surface area is 102 Å². The minimum absolute atomic E-state index is 0.0877. The van der Waals surface area contributed by atoms with Crippen LogP contribution in [-0.2, 0) is 0 Å². The number of fused-ring (bicyclic) bond motifs is 2. The SMILES string of the molecule is O=C1c2ccccc2C(=O)c2c([Si])cccc21. The van der Waals surface area contributed by atoms with Crippen LogP contribution in [-0.4, -0.2) is 21.8 Å². The second kappa shape index (κ2) is 3.50. The van der Waals surface area contributed by atoms with Crippen molar-refractivity contribution in [1.29, 1.82) is 0 Å². The van der Waals surface area contributed by atoms with Gasteiger partial charge in [0.05, 0.1) is 10.2 Å². The van der Waals surface area contributed by atoms with E-state index in [-0.39, 0.29) is 11.6 Å². The highest BCUT2D eigenvalue weighted by Crippen LogP contribution is 2.25. The van der Waals surface area contributed by atoms with E-state index in [0.717, 1.165) is 0 Å². The second-order valence-corrected chi connectivity index (χ2v) is 4.47. The molecule has 0 saturated heterocycles. The third kappa shape index (κ3) is 1.32. The number of hydrogen-bond acceptors (Lipinski definition) is 2. The summed E-state index contributed by atoms with van der Waals surface area (Å²) in [4.78, 5) is 24.5. The molecule has 0 saturated carbocycles. The summed E-state index contributed by atoms with van der Waals surface area (Å²) in [5, 5.41) is 0.662. The Balaban J connectivity index is 2.37. The average Bonchev–Trinajstić information content (AvgIpc) is 2.36. The van der Waals surface area contributed by atoms with Gasteiger partial charge in [0.2, 0.25) is 0 Å². The largest absolute Gasteiger partial charge is 0.289 e. The van der Waals surface area contributed by atoms with Crippen molar-refractivity contribution in [2.45, 2.75) is 0 Å². The second-order valence-electron chi connectivity index (χ2n) is 3.93. The van der Waals surface area contributed by atoms with Crippen LogP contribution in [0.25, 0.3) is 0 Å². The van der Waals surface area contributed by atoms with Crippen LogP contribution in [0.3, 0.4) is 0 Å². The molecule has 0 amide bonds. The molecule has 79 valence electrons. The molecule has 3 radical (unpaired) electrons. The van der Waals surface area contributed by atoms with Crippen LogP contribution in [0.1, 0.15) is 31.8 Å². The van der Waals surface area contributed by atoms with Gasteiger partial charge < -0.3 is 0 Å². The molecule has 2 nitrogen and oxygen atoms in total. The number of rotatable bonds is 0. The molecule has 0 atom stereocenters. The van der Waals surface area contributed by atoms with E-state index in [9.17, 15) is 9.59 Å². The highest BCUT2D eigenvalue weighted by molar-refractivity contribution is 6.41. The number of carbonyl (C=O) groups is 2. The maximum atomic E-state index is 12.3. The van der Waals surface area contributed by atoms with Crippen LogP contribution in [0.2, 0.25) is 0 Å². The van der Waals surface area contributed by atoms with E-state index < -0.39 is 0 Å². The zero-order valence-corrected chi connectivity index (χ0v) is 9.86. The quantitative estimate of drug-likeness (QED) is 0.550. The maximum Gasteiger partial charge on any atom is 0.194 e. The highest BCUT2D eigenvalue weighted by Gasteiger charge is 2.29. The summed E-state index contributed by atoms with van der Waals surface area (Å²) in [5.41, 5.74) is 1.91. The van der Waals surface area contributed by atoms with Crippen LogP contribution < -0.4 is 5.19 Å². The van der Waals surface area contributed by atoms with Crippen molar-refractivity contribution in [1.82, 2.24) is 0 Å². The fraction of sp³-hybridized carbons (Fsp3) is 0. The monoisotopic (exact) mass is 235 g/mol. The molecule has 0 spiro atoms. The number of carbonyl (C=O) groups excluding carboxylic acids is 2. The van der Waals surface area contributed by atoms with Gasteiger partial charge in [-0.15, -0.1) is 0 Å².